The third-order valence-corrected chi connectivity index (χ3v) is 3.26. The molecule has 0 heterocycles. The Balaban J connectivity index is 1.72. The minimum absolute atomic E-state index is 0.0617. The van der Waals surface area contributed by atoms with E-state index in [1.54, 1.807) is 0 Å². The Labute approximate surface area is 127 Å². The summed E-state index contributed by atoms with van der Waals surface area (Å²) in [6.45, 7) is 7.64. The van der Waals surface area contributed by atoms with Crippen LogP contribution < -0.4 is 0 Å². The number of hydrogen-bond acceptors (Lipinski definition) is 2. The Kier molecular flexibility index (Phi) is 6.20. The van der Waals surface area contributed by atoms with Crippen molar-refractivity contribution in [3.8, 4) is 0 Å². The third kappa shape index (κ3) is 5.18. The van der Waals surface area contributed by atoms with Crippen LogP contribution in [-0.4, -0.2) is 12.7 Å². The molecule has 0 amide bonds. The van der Waals surface area contributed by atoms with Crippen LogP contribution in [0.25, 0.3) is 6.08 Å². The van der Waals surface area contributed by atoms with E-state index in [1.807, 2.05) is 49.4 Å². The van der Waals surface area contributed by atoms with E-state index in [1.165, 1.54) is 5.56 Å². The quantitative estimate of drug-likeness (QED) is 0.712. The van der Waals surface area contributed by atoms with Gasteiger partial charge in [-0.3, -0.25) is 0 Å². The molecule has 0 aliphatic heterocycles. The molecule has 0 radical (unpaired) electrons. The second kappa shape index (κ2) is 8.40. The zero-order valence-electron chi connectivity index (χ0n) is 12.5. The molecule has 1 unspecified atom stereocenters. The van der Waals surface area contributed by atoms with E-state index in [4.69, 9.17) is 9.47 Å². The first-order valence-electron chi connectivity index (χ1n) is 7.23. The number of hydrogen-bond donors (Lipinski definition) is 0. The second-order valence-corrected chi connectivity index (χ2v) is 5.03. The maximum Gasteiger partial charge on any atom is 0.0785 e. The molecule has 0 aliphatic carbocycles. The minimum atomic E-state index is 0.0617. The average Bonchev–Trinajstić information content (AvgIpc) is 2.54. The van der Waals surface area contributed by atoms with Crippen molar-refractivity contribution in [1.29, 1.82) is 0 Å². The van der Waals surface area contributed by atoms with Gasteiger partial charge in [-0.2, -0.15) is 0 Å². The smallest absolute Gasteiger partial charge is 0.0785 e. The zero-order chi connectivity index (χ0) is 14.9. The predicted octanol–water partition coefficient (Wildman–Crippen LogP) is 4.45. The number of rotatable bonds is 8. The normalized spacial score (nSPS) is 12.0. The molecule has 2 aromatic rings. The number of benzene rings is 2. The van der Waals surface area contributed by atoms with Crippen LogP contribution in [0.1, 0.15) is 23.6 Å². The van der Waals surface area contributed by atoms with Crippen LogP contribution in [0, 0.1) is 0 Å². The van der Waals surface area contributed by atoms with E-state index in [2.05, 4.69) is 24.8 Å². The molecule has 110 valence electrons. The van der Waals surface area contributed by atoms with Gasteiger partial charge in [0.1, 0.15) is 0 Å². The lowest BCUT2D eigenvalue weighted by atomic mass is 10.1. The van der Waals surface area contributed by atoms with Crippen molar-refractivity contribution in [2.45, 2.75) is 26.2 Å². The van der Waals surface area contributed by atoms with Gasteiger partial charge in [-0.15, -0.1) is 0 Å². The highest BCUT2D eigenvalue weighted by molar-refractivity contribution is 5.51. The monoisotopic (exact) mass is 282 g/mol. The van der Waals surface area contributed by atoms with Gasteiger partial charge in [-0.05, 0) is 23.6 Å². The van der Waals surface area contributed by atoms with E-state index >= 15 is 0 Å². The van der Waals surface area contributed by atoms with Gasteiger partial charge in [0.05, 0.1) is 25.9 Å². The highest BCUT2D eigenvalue weighted by atomic mass is 16.5. The molecule has 2 aromatic carbocycles. The topological polar surface area (TPSA) is 18.5 Å². The molecule has 2 nitrogen and oxygen atoms in total. The van der Waals surface area contributed by atoms with Crippen molar-refractivity contribution >= 4 is 6.08 Å². The average molecular weight is 282 g/mol. The fourth-order valence-corrected chi connectivity index (χ4v) is 2.06. The molecule has 0 N–H and O–H groups in total. The Morgan fingerprint density at radius 3 is 2.48 bits per heavy atom. The molecule has 0 fully saturated rings. The van der Waals surface area contributed by atoms with Crippen molar-refractivity contribution in [3.63, 3.8) is 0 Å². The summed E-state index contributed by atoms with van der Waals surface area (Å²) in [5, 5.41) is 0. The van der Waals surface area contributed by atoms with Gasteiger partial charge in [0.2, 0.25) is 0 Å². The summed E-state index contributed by atoms with van der Waals surface area (Å²) in [5.41, 5.74) is 3.46. The molecule has 0 aromatic heterocycles. The third-order valence-electron chi connectivity index (χ3n) is 3.26. The Morgan fingerprint density at radius 1 is 1.00 bits per heavy atom. The fraction of sp³-hybridized carbons (Fsp3) is 0.263. The Hall–Kier alpha value is -1.90. The molecule has 2 heteroatoms. The molecule has 0 spiro atoms. The predicted molar refractivity (Wildman–Crippen MR) is 86.9 cm³/mol. The first kappa shape index (κ1) is 15.5. The van der Waals surface area contributed by atoms with Crippen LogP contribution in [0.3, 0.4) is 0 Å². The van der Waals surface area contributed by atoms with Gasteiger partial charge in [0.15, 0.2) is 0 Å². The van der Waals surface area contributed by atoms with E-state index in [-0.39, 0.29) is 6.10 Å². The first-order valence-corrected chi connectivity index (χ1v) is 7.23. The van der Waals surface area contributed by atoms with Gasteiger partial charge in [-0.1, -0.05) is 67.3 Å². The van der Waals surface area contributed by atoms with Crippen LogP contribution in [0.15, 0.2) is 61.2 Å². The molecule has 2 rings (SSSR count). The molecule has 0 aliphatic rings. The molecule has 0 saturated heterocycles. The minimum Gasteiger partial charge on any atom is -0.374 e. The lowest BCUT2D eigenvalue weighted by Crippen LogP contribution is -2.16. The van der Waals surface area contributed by atoms with Crippen molar-refractivity contribution in [2.75, 3.05) is 6.61 Å². The van der Waals surface area contributed by atoms with Gasteiger partial charge in [0, 0.05) is 0 Å². The zero-order valence-corrected chi connectivity index (χ0v) is 12.5. The fourth-order valence-electron chi connectivity index (χ4n) is 2.06. The van der Waals surface area contributed by atoms with Crippen LogP contribution in [0.2, 0.25) is 0 Å². The molecular formula is C19H22O2. The van der Waals surface area contributed by atoms with E-state index < -0.39 is 0 Å². The molecule has 0 bridgehead atoms. The highest BCUT2D eigenvalue weighted by Crippen LogP contribution is 2.12. The van der Waals surface area contributed by atoms with E-state index in [0.29, 0.717) is 19.8 Å². The van der Waals surface area contributed by atoms with Crippen LogP contribution in [-0.2, 0) is 22.7 Å². The summed E-state index contributed by atoms with van der Waals surface area (Å²) in [6, 6.07) is 18.3. The van der Waals surface area contributed by atoms with Crippen molar-refractivity contribution in [2.24, 2.45) is 0 Å². The standard InChI is InChI=1S/C19H22O2/c1-3-18-11-7-8-12-19(18)15-21-16(2)13-20-14-17-9-5-4-6-10-17/h3-12,16H,1,13-15H2,2H3. The molecule has 21 heavy (non-hydrogen) atoms. The maximum absolute atomic E-state index is 5.84. The Bertz CT molecular complexity index is 549. The van der Waals surface area contributed by atoms with Crippen molar-refractivity contribution < 1.29 is 9.47 Å². The van der Waals surface area contributed by atoms with Crippen molar-refractivity contribution in [1.82, 2.24) is 0 Å². The Morgan fingerprint density at radius 2 is 1.71 bits per heavy atom. The highest BCUT2D eigenvalue weighted by Gasteiger charge is 2.05. The van der Waals surface area contributed by atoms with E-state index in [0.717, 1.165) is 11.1 Å². The first-order chi connectivity index (χ1) is 10.3. The van der Waals surface area contributed by atoms with E-state index in [9.17, 15) is 0 Å². The van der Waals surface area contributed by atoms with Crippen LogP contribution in [0.5, 0.6) is 0 Å². The van der Waals surface area contributed by atoms with Gasteiger partial charge < -0.3 is 9.47 Å². The summed E-state index contributed by atoms with van der Waals surface area (Å²) >= 11 is 0. The lowest BCUT2D eigenvalue weighted by Gasteiger charge is -2.14. The van der Waals surface area contributed by atoms with Crippen LogP contribution in [0.4, 0.5) is 0 Å². The largest absolute Gasteiger partial charge is 0.374 e. The molecule has 0 saturated carbocycles. The van der Waals surface area contributed by atoms with Crippen LogP contribution >= 0.6 is 0 Å². The summed E-state index contributed by atoms with van der Waals surface area (Å²) in [4.78, 5) is 0. The summed E-state index contributed by atoms with van der Waals surface area (Å²) < 4.78 is 11.5. The summed E-state index contributed by atoms with van der Waals surface area (Å²) in [6.07, 6.45) is 1.92. The maximum atomic E-state index is 5.84. The summed E-state index contributed by atoms with van der Waals surface area (Å²) in [7, 11) is 0. The lowest BCUT2D eigenvalue weighted by molar-refractivity contribution is -0.0198. The van der Waals surface area contributed by atoms with Gasteiger partial charge in [0.25, 0.3) is 0 Å². The number of ether oxygens (including phenoxy) is 2. The molecular weight excluding hydrogens is 260 g/mol. The second-order valence-electron chi connectivity index (χ2n) is 5.03. The van der Waals surface area contributed by atoms with Gasteiger partial charge in [-0.25, -0.2) is 0 Å². The molecule has 1 atom stereocenters. The SMILES string of the molecule is C=Cc1ccccc1COC(C)COCc1ccccc1. The van der Waals surface area contributed by atoms with Crippen molar-refractivity contribution in [3.05, 3.63) is 77.9 Å². The van der Waals surface area contributed by atoms with Gasteiger partial charge >= 0.3 is 0 Å². The summed E-state index contributed by atoms with van der Waals surface area (Å²) in [5.74, 6) is 0.